The molecule has 2 aromatic heterocycles. The van der Waals surface area contributed by atoms with E-state index in [1.54, 1.807) is 6.20 Å². The van der Waals surface area contributed by atoms with Gasteiger partial charge in [-0.2, -0.15) is 0 Å². The highest BCUT2D eigenvalue weighted by Gasteiger charge is 2.21. The number of likely N-dealkylation sites (tertiary alicyclic amines) is 1. The molecule has 0 aliphatic carbocycles. The number of hydrogen-bond acceptors (Lipinski definition) is 5. The summed E-state index contributed by atoms with van der Waals surface area (Å²) in [6, 6.07) is 23.7. The van der Waals surface area contributed by atoms with Crippen molar-refractivity contribution in [2.24, 2.45) is 5.92 Å². The predicted molar refractivity (Wildman–Crippen MR) is 132 cm³/mol. The van der Waals surface area contributed by atoms with Gasteiger partial charge < -0.3 is 9.84 Å². The zero-order chi connectivity index (χ0) is 23.2. The molecule has 34 heavy (non-hydrogen) atoms. The maximum Gasteiger partial charge on any atom is 0.251 e. The molecule has 0 bridgehead atoms. The highest BCUT2D eigenvalue weighted by molar-refractivity contribution is 5.95. The molecule has 1 N–H and O–H groups in total. The van der Waals surface area contributed by atoms with E-state index in [1.165, 1.54) is 0 Å². The molecule has 5 rings (SSSR count). The predicted octanol–water partition coefficient (Wildman–Crippen LogP) is 5.05. The lowest BCUT2D eigenvalue weighted by atomic mass is 9.96. The van der Waals surface area contributed by atoms with Crippen LogP contribution in [0, 0.1) is 5.92 Å². The van der Waals surface area contributed by atoms with Crippen LogP contribution in [0.2, 0.25) is 0 Å². The van der Waals surface area contributed by atoms with Gasteiger partial charge in [0.05, 0.1) is 6.54 Å². The van der Waals surface area contributed by atoms with Gasteiger partial charge >= 0.3 is 0 Å². The second-order valence-electron chi connectivity index (χ2n) is 8.80. The first-order chi connectivity index (χ1) is 16.7. The Labute approximate surface area is 199 Å². The number of rotatable bonds is 7. The highest BCUT2D eigenvalue weighted by atomic mass is 16.5. The van der Waals surface area contributed by atoms with Crippen molar-refractivity contribution in [3.8, 4) is 22.4 Å². The number of piperidine rings is 1. The van der Waals surface area contributed by atoms with E-state index in [0.717, 1.165) is 60.6 Å². The zero-order valence-electron chi connectivity index (χ0n) is 19.1. The van der Waals surface area contributed by atoms with Crippen LogP contribution in [0.3, 0.4) is 0 Å². The third-order valence-electron chi connectivity index (χ3n) is 6.39. The summed E-state index contributed by atoms with van der Waals surface area (Å²) in [6.07, 6.45) is 5.66. The molecule has 6 nitrogen and oxygen atoms in total. The van der Waals surface area contributed by atoms with E-state index in [4.69, 9.17) is 4.52 Å². The minimum absolute atomic E-state index is 0.0247. The van der Waals surface area contributed by atoms with Gasteiger partial charge in [0.2, 0.25) is 0 Å². The molecule has 1 fully saturated rings. The molecule has 4 aromatic rings. The van der Waals surface area contributed by atoms with Crippen LogP contribution in [0.5, 0.6) is 0 Å². The molecular weight excluding hydrogens is 424 g/mol. The quantitative estimate of drug-likeness (QED) is 0.425. The fraction of sp³-hybridized carbons (Fsp3) is 0.250. The van der Waals surface area contributed by atoms with Crippen molar-refractivity contribution in [1.29, 1.82) is 0 Å². The molecule has 0 atom stereocenters. The molecular formula is C28H28N4O2. The van der Waals surface area contributed by atoms with Crippen molar-refractivity contribution in [3.05, 3.63) is 96.5 Å². The number of nitrogens with zero attached hydrogens (tertiary/aromatic N) is 3. The van der Waals surface area contributed by atoms with E-state index in [-0.39, 0.29) is 5.91 Å². The first-order valence-corrected chi connectivity index (χ1v) is 11.8. The highest BCUT2D eigenvalue weighted by Crippen LogP contribution is 2.23. The van der Waals surface area contributed by atoms with Crippen molar-refractivity contribution in [1.82, 2.24) is 20.4 Å². The summed E-state index contributed by atoms with van der Waals surface area (Å²) in [5.74, 6) is 1.35. The van der Waals surface area contributed by atoms with Crippen LogP contribution in [0.25, 0.3) is 22.4 Å². The third-order valence-corrected chi connectivity index (χ3v) is 6.39. The fourth-order valence-corrected chi connectivity index (χ4v) is 4.41. The second-order valence-corrected chi connectivity index (χ2v) is 8.80. The van der Waals surface area contributed by atoms with Crippen molar-refractivity contribution < 1.29 is 9.32 Å². The third kappa shape index (κ3) is 5.41. The summed E-state index contributed by atoms with van der Waals surface area (Å²) in [6.45, 7) is 3.43. The minimum atomic E-state index is -0.0247. The van der Waals surface area contributed by atoms with Crippen molar-refractivity contribution in [2.45, 2.75) is 19.4 Å². The Morgan fingerprint density at radius 2 is 1.74 bits per heavy atom. The maximum atomic E-state index is 12.7. The van der Waals surface area contributed by atoms with Gasteiger partial charge in [0.1, 0.15) is 5.69 Å². The Balaban J connectivity index is 1.09. The number of amides is 1. The second kappa shape index (κ2) is 10.4. The van der Waals surface area contributed by atoms with Gasteiger partial charge in [-0.05, 0) is 55.6 Å². The minimum Gasteiger partial charge on any atom is -0.359 e. The number of nitrogens with one attached hydrogen (secondary N) is 1. The van der Waals surface area contributed by atoms with E-state index < -0.39 is 0 Å². The van der Waals surface area contributed by atoms with Gasteiger partial charge in [-0.1, -0.05) is 53.7 Å². The van der Waals surface area contributed by atoms with E-state index in [0.29, 0.717) is 18.0 Å². The normalized spacial score (nSPS) is 14.7. The molecule has 1 amide bonds. The number of benzene rings is 2. The average molecular weight is 453 g/mol. The number of hydrogen-bond donors (Lipinski definition) is 1. The van der Waals surface area contributed by atoms with Crippen LogP contribution in [-0.4, -0.2) is 40.6 Å². The Morgan fingerprint density at radius 1 is 0.941 bits per heavy atom. The van der Waals surface area contributed by atoms with Gasteiger partial charge in [0.15, 0.2) is 5.76 Å². The summed E-state index contributed by atoms with van der Waals surface area (Å²) in [7, 11) is 0. The van der Waals surface area contributed by atoms with Crippen molar-refractivity contribution in [2.75, 3.05) is 19.6 Å². The number of aromatic nitrogens is 2. The van der Waals surface area contributed by atoms with E-state index in [9.17, 15) is 4.79 Å². The number of carbonyl (C=O) groups is 1. The largest absolute Gasteiger partial charge is 0.359 e. The van der Waals surface area contributed by atoms with Crippen LogP contribution in [0.15, 0.2) is 89.7 Å². The van der Waals surface area contributed by atoms with Crippen molar-refractivity contribution in [3.63, 3.8) is 0 Å². The van der Waals surface area contributed by atoms with E-state index in [2.05, 4.69) is 20.4 Å². The molecule has 0 radical (unpaired) electrons. The van der Waals surface area contributed by atoms with Gasteiger partial charge in [0, 0.05) is 41.7 Å². The lowest BCUT2D eigenvalue weighted by molar-refractivity contribution is 0.0933. The number of pyridine rings is 1. The zero-order valence-corrected chi connectivity index (χ0v) is 19.1. The Kier molecular flexibility index (Phi) is 6.77. The molecule has 6 heteroatoms. The molecule has 1 saturated heterocycles. The molecule has 2 aromatic carbocycles. The van der Waals surface area contributed by atoms with Crippen LogP contribution >= 0.6 is 0 Å². The van der Waals surface area contributed by atoms with Crippen LogP contribution in [0.1, 0.15) is 29.0 Å². The molecule has 0 spiro atoms. The van der Waals surface area contributed by atoms with Gasteiger partial charge in [0.25, 0.3) is 5.91 Å². The topological polar surface area (TPSA) is 71.3 Å². The standard InChI is InChI=1S/C28H28N4O2/c33-28(24-9-4-8-23(16-24)25-10-5-13-29-19-25)30-18-21-11-14-32(15-12-21)20-26-17-27(31-34-26)22-6-2-1-3-7-22/h1-10,13,16-17,19,21H,11-12,14-15,18,20H2,(H,30,33). The van der Waals surface area contributed by atoms with Gasteiger partial charge in [-0.15, -0.1) is 0 Å². The molecule has 1 aliphatic heterocycles. The smallest absolute Gasteiger partial charge is 0.251 e. The Bertz CT molecular complexity index is 1220. The fourth-order valence-electron chi connectivity index (χ4n) is 4.41. The Hall–Kier alpha value is -3.77. The van der Waals surface area contributed by atoms with Crippen molar-refractivity contribution >= 4 is 5.91 Å². The molecule has 3 heterocycles. The van der Waals surface area contributed by atoms with E-state index in [1.807, 2.05) is 79.0 Å². The summed E-state index contributed by atoms with van der Waals surface area (Å²) in [5, 5.41) is 7.35. The lowest BCUT2D eigenvalue weighted by Gasteiger charge is -2.31. The van der Waals surface area contributed by atoms with Crippen LogP contribution in [0.4, 0.5) is 0 Å². The molecule has 0 saturated carbocycles. The molecule has 172 valence electrons. The summed E-state index contributed by atoms with van der Waals surface area (Å²) >= 11 is 0. The average Bonchev–Trinajstić information content (AvgIpc) is 3.38. The van der Waals surface area contributed by atoms with Gasteiger partial charge in [-0.25, -0.2) is 0 Å². The SMILES string of the molecule is O=C(NCC1CCN(Cc2cc(-c3ccccc3)no2)CC1)c1cccc(-c2cccnc2)c1. The first kappa shape index (κ1) is 22.0. The summed E-state index contributed by atoms with van der Waals surface area (Å²) in [4.78, 5) is 19.3. The Morgan fingerprint density at radius 3 is 2.53 bits per heavy atom. The lowest BCUT2D eigenvalue weighted by Crippen LogP contribution is -2.38. The van der Waals surface area contributed by atoms with Crippen LogP contribution in [-0.2, 0) is 6.54 Å². The number of carbonyl (C=O) groups excluding carboxylic acids is 1. The maximum absolute atomic E-state index is 12.7. The first-order valence-electron chi connectivity index (χ1n) is 11.8. The summed E-state index contributed by atoms with van der Waals surface area (Å²) in [5.41, 5.74) is 4.63. The molecule has 0 unspecified atom stereocenters. The monoisotopic (exact) mass is 452 g/mol. The summed E-state index contributed by atoms with van der Waals surface area (Å²) < 4.78 is 5.57. The van der Waals surface area contributed by atoms with E-state index >= 15 is 0 Å². The van der Waals surface area contributed by atoms with Gasteiger partial charge in [-0.3, -0.25) is 14.7 Å². The molecule has 1 aliphatic rings. The van der Waals surface area contributed by atoms with Crippen LogP contribution < -0.4 is 5.32 Å².